The summed E-state index contributed by atoms with van der Waals surface area (Å²) in [5.41, 5.74) is 1.40. The van der Waals surface area contributed by atoms with Crippen molar-refractivity contribution in [1.82, 2.24) is 31.5 Å². The summed E-state index contributed by atoms with van der Waals surface area (Å²) in [4.78, 5) is 55.2. The summed E-state index contributed by atoms with van der Waals surface area (Å²) in [6, 6.07) is 16.9. The fraction of sp³-hybridized carbons (Fsp3) is 0.556. The zero-order valence-corrected chi connectivity index (χ0v) is 29.6. The number of β-amino-alcohol motifs (C(OH)–C–C–N with tert-alkyl or cyclic N) is 1. The molecule has 48 heavy (non-hydrogen) atoms. The minimum atomic E-state index is -0.951. The normalized spacial score (nSPS) is 22.2. The summed E-state index contributed by atoms with van der Waals surface area (Å²) >= 11 is 1.42. The van der Waals surface area contributed by atoms with Gasteiger partial charge >= 0.3 is 0 Å². The monoisotopic (exact) mass is 680 g/mol. The van der Waals surface area contributed by atoms with E-state index >= 15 is 0 Å². The zero-order chi connectivity index (χ0) is 34.9. The maximum absolute atomic E-state index is 13.6. The number of nitrogens with one attached hydrogen (secondary N) is 5. The second-order valence-corrected chi connectivity index (χ2v) is 16.1. The first-order chi connectivity index (χ1) is 22.7. The van der Waals surface area contributed by atoms with Gasteiger partial charge < -0.3 is 26.4 Å². The molecule has 4 amide bonds. The number of hydrogen-bond donors (Lipinski definition) is 6. The molecule has 2 heterocycles. The van der Waals surface area contributed by atoms with Crippen LogP contribution in [-0.4, -0.2) is 93.2 Å². The highest BCUT2D eigenvalue weighted by Crippen LogP contribution is 2.39. The van der Waals surface area contributed by atoms with Crippen LogP contribution in [0, 0.1) is 0 Å². The predicted molar refractivity (Wildman–Crippen MR) is 189 cm³/mol. The molecule has 2 aliphatic rings. The van der Waals surface area contributed by atoms with Crippen LogP contribution in [0.4, 0.5) is 0 Å². The minimum Gasteiger partial charge on any atom is -0.390 e. The third kappa shape index (κ3) is 11.0. The highest BCUT2D eigenvalue weighted by atomic mass is 32.2. The number of piperidine rings is 1. The minimum absolute atomic E-state index is 0.0152. The molecule has 0 bridgehead atoms. The van der Waals surface area contributed by atoms with E-state index in [2.05, 4.69) is 26.6 Å². The van der Waals surface area contributed by atoms with Crippen molar-refractivity contribution in [2.75, 3.05) is 19.6 Å². The van der Waals surface area contributed by atoms with Gasteiger partial charge in [0, 0.05) is 29.9 Å². The lowest BCUT2D eigenvalue weighted by molar-refractivity contribution is -0.130. The molecule has 6 N–H and O–H groups in total. The zero-order valence-electron chi connectivity index (χ0n) is 28.8. The number of benzene rings is 2. The molecule has 0 aliphatic carbocycles. The summed E-state index contributed by atoms with van der Waals surface area (Å²) in [6.07, 6.45) is 1.85. The lowest BCUT2D eigenvalue weighted by Gasteiger charge is -2.37. The van der Waals surface area contributed by atoms with E-state index in [1.165, 1.54) is 11.8 Å². The van der Waals surface area contributed by atoms with Crippen molar-refractivity contribution in [3.05, 3.63) is 71.8 Å². The van der Waals surface area contributed by atoms with Crippen LogP contribution >= 0.6 is 11.8 Å². The number of aliphatic hydroxyl groups is 1. The van der Waals surface area contributed by atoms with Gasteiger partial charge in [0.1, 0.15) is 12.1 Å². The van der Waals surface area contributed by atoms with Gasteiger partial charge in [-0.15, -0.1) is 11.8 Å². The van der Waals surface area contributed by atoms with Gasteiger partial charge in [0.05, 0.1) is 23.9 Å². The van der Waals surface area contributed by atoms with E-state index in [1.807, 2.05) is 100 Å². The fourth-order valence-corrected chi connectivity index (χ4v) is 7.64. The van der Waals surface area contributed by atoms with Crippen molar-refractivity contribution in [3.63, 3.8) is 0 Å². The number of carbonyl (C=O) groups is 4. The second kappa shape index (κ2) is 16.8. The van der Waals surface area contributed by atoms with Crippen molar-refractivity contribution in [2.45, 2.75) is 107 Å². The molecule has 4 rings (SSSR count). The number of hydrogen-bond acceptors (Lipinski definition) is 8. The fourth-order valence-electron chi connectivity index (χ4n) is 6.14. The predicted octanol–water partition coefficient (Wildman–Crippen LogP) is 2.09. The van der Waals surface area contributed by atoms with Crippen molar-refractivity contribution in [3.8, 4) is 0 Å². The molecule has 2 saturated heterocycles. The molecule has 2 fully saturated rings. The van der Waals surface area contributed by atoms with E-state index in [1.54, 1.807) is 0 Å². The number of amides is 4. The van der Waals surface area contributed by atoms with Crippen LogP contribution in [0.25, 0.3) is 0 Å². The number of likely N-dealkylation sites (tertiary alicyclic amines) is 1. The summed E-state index contributed by atoms with van der Waals surface area (Å²) in [7, 11) is 0. The molecule has 2 aliphatic heterocycles. The van der Waals surface area contributed by atoms with Crippen molar-refractivity contribution < 1.29 is 24.3 Å². The molecular formula is C36H52N6O5S. The smallest absolute Gasteiger partial charge is 0.245 e. The molecule has 2 aromatic carbocycles. The number of carbonyl (C=O) groups excluding carboxylic acids is 4. The van der Waals surface area contributed by atoms with Gasteiger partial charge in [0.2, 0.25) is 23.6 Å². The molecule has 0 radical (unpaired) electrons. The molecule has 0 saturated carbocycles. The Morgan fingerprint density at radius 3 is 2.25 bits per heavy atom. The highest BCUT2D eigenvalue weighted by Gasteiger charge is 2.49. The molecule has 11 nitrogen and oxygen atoms in total. The third-order valence-electron chi connectivity index (χ3n) is 8.51. The number of rotatable bonds is 13. The summed E-state index contributed by atoms with van der Waals surface area (Å²) in [6.45, 7) is 10.9. The van der Waals surface area contributed by atoms with E-state index in [-0.39, 0.29) is 54.7 Å². The quantitative estimate of drug-likeness (QED) is 0.188. The van der Waals surface area contributed by atoms with Gasteiger partial charge in [0.25, 0.3) is 0 Å². The first kappa shape index (κ1) is 37.4. The molecule has 0 aromatic heterocycles. The summed E-state index contributed by atoms with van der Waals surface area (Å²) in [5, 5.41) is 25.4. The van der Waals surface area contributed by atoms with Crippen molar-refractivity contribution >= 4 is 35.4 Å². The molecule has 5 atom stereocenters. The molecule has 0 spiro atoms. The molecular weight excluding hydrogens is 629 g/mol. The van der Waals surface area contributed by atoms with Crippen LogP contribution in [-0.2, 0) is 32.1 Å². The summed E-state index contributed by atoms with van der Waals surface area (Å²) < 4.78 is -0.634. The van der Waals surface area contributed by atoms with Gasteiger partial charge in [0.15, 0.2) is 0 Å². The molecule has 262 valence electrons. The number of thioether (sulfide) groups is 1. The number of nitrogens with zero attached hydrogens (tertiary/aromatic N) is 1. The van der Waals surface area contributed by atoms with Crippen LogP contribution in [0.1, 0.15) is 65.0 Å². The Hall–Kier alpha value is -3.45. The van der Waals surface area contributed by atoms with Crippen LogP contribution in [0.2, 0.25) is 0 Å². The van der Waals surface area contributed by atoms with E-state index in [0.29, 0.717) is 13.1 Å². The first-order valence-corrected chi connectivity index (χ1v) is 17.7. The Morgan fingerprint density at radius 2 is 1.60 bits per heavy atom. The average Bonchev–Trinajstić information content (AvgIpc) is 3.36. The van der Waals surface area contributed by atoms with Gasteiger partial charge in [-0.25, -0.2) is 0 Å². The van der Waals surface area contributed by atoms with Crippen LogP contribution < -0.4 is 26.6 Å². The molecule has 2 aromatic rings. The standard InChI is InChI=1S/C36H52N6O5S/c1-35(2,3)41-31(45)27-18-12-13-19-42(27)23-26(43)22-38-33(47)30-36(4,5)48-34(40-30)29(32(46)37-21-25-16-10-7-11-17-25)39-28(44)20-24-14-8-6-9-15-24/h6-11,14-17,26-27,29-30,34,40,43H,12-13,18-23H2,1-5H3,(H,37,46)(H,38,47)(H,39,44)(H,41,45)/t26-,27+,29-,30+,34-/m1/s1. The Kier molecular flexibility index (Phi) is 13.1. The molecule has 12 heteroatoms. The Morgan fingerprint density at radius 1 is 0.958 bits per heavy atom. The van der Waals surface area contributed by atoms with Crippen LogP contribution in [0.5, 0.6) is 0 Å². The lowest BCUT2D eigenvalue weighted by atomic mass is 9.99. The Bertz CT molecular complexity index is 1390. The Balaban J connectivity index is 1.38. The van der Waals surface area contributed by atoms with Crippen molar-refractivity contribution in [2.24, 2.45) is 0 Å². The van der Waals surface area contributed by atoms with E-state index in [0.717, 1.165) is 30.4 Å². The average molecular weight is 681 g/mol. The SMILES string of the molecule is CC(C)(C)NC(=O)[C@@H]1CCCCN1C[C@H](O)CNC(=O)[C@@H]1N[C@@H]([C@H](NC(=O)Cc2ccccc2)C(=O)NCc2ccccc2)SC1(C)C. The van der Waals surface area contributed by atoms with Crippen LogP contribution in [0.15, 0.2) is 60.7 Å². The van der Waals surface area contributed by atoms with Gasteiger partial charge in [-0.1, -0.05) is 67.1 Å². The first-order valence-electron chi connectivity index (χ1n) is 16.8. The summed E-state index contributed by atoms with van der Waals surface area (Å²) in [5.74, 6) is -1.01. The van der Waals surface area contributed by atoms with Crippen LogP contribution in [0.3, 0.4) is 0 Å². The lowest BCUT2D eigenvalue weighted by Crippen LogP contribution is -2.58. The van der Waals surface area contributed by atoms with E-state index < -0.39 is 28.3 Å². The van der Waals surface area contributed by atoms with Gasteiger partial charge in [-0.2, -0.15) is 0 Å². The maximum atomic E-state index is 13.6. The van der Waals surface area contributed by atoms with Gasteiger partial charge in [-0.3, -0.25) is 29.4 Å². The molecule has 0 unspecified atom stereocenters. The number of aliphatic hydroxyl groups excluding tert-OH is 1. The van der Waals surface area contributed by atoms with E-state index in [9.17, 15) is 24.3 Å². The van der Waals surface area contributed by atoms with E-state index in [4.69, 9.17) is 0 Å². The third-order valence-corrected chi connectivity index (χ3v) is 10.0. The second-order valence-electron chi connectivity index (χ2n) is 14.3. The maximum Gasteiger partial charge on any atom is 0.245 e. The Labute approximate surface area is 288 Å². The largest absolute Gasteiger partial charge is 0.390 e. The van der Waals surface area contributed by atoms with Crippen molar-refractivity contribution in [1.29, 1.82) is 0 Å². The topological polar surface area (TPSA) is 152 Å². The van der Waals surface area contributed by atoms with Gasteiger partial charge in [-0.05, 0) is 65.1 Å². The highest BCUT2D eigenvalue weighted by molar-refractivity contribution is 8.01.